The fourth-order valence-corrected chi connectivity index (χ4v) is 1.76. The highest BCUT2D eigenvalue weighted by Gasteiger charge is 2.21. The topological polar surface area (TPSA) is 44.4 Å². The molecule has 96 valence electrons. The minimum Gasteiger partial charge on any atom is -0.355 e. The van der Waals surface area contributed by atoms with E-state index in [2.05, 4.69) is 43.5 Å². The summed E-state index contributed by atoms with van der Waals surface area (Å²) in [6.07, 6.45) is 0. The third kappa shape index (κ3) is 6.80. The molecule has 0 aliphatic carbocycles. The van der Waals surface area contributed by atoms with Crippen molar-refractivity contribution < 1.29 is 4.79 Å². The molecule has 0 radical (unpaired) electrons. The van der Waals surface area contributed by atoms with Gasteiger partial charge in [-0.25, -0.2) is 0 Å². The van der Waals surface area contributed by atoms with Crippen LogP contribution in [0.3, 0.4) is 0 Å². The van der Waals surface area contributed by atoms with E-state index < -0.39 is 0 Å². The fourth-order valence-electron chi connectivity index (χ4n) is 1.76. The lowest BCUT2D eigenvalue weighted by molar-refractivity contribution is -0.122. The molecule has 0 heterocycles. The second kappa shape index (κ2) is 6.86. The second-order valence-electron chi connectivity index (χ2n) is 5.40. The van der Waals surface area contributed by atoms with E-state index in [1.807, 2.05) is 13.8 Å². The molecule has 0 fully saturated rings. The van der Waals surface area contributed by atoms with Crippen LogP contribution in [-0.2, 0) is 4.79 Å². The lowest BCUT2D eigenvalue weighted by Gasteiger charge is -2.29. The van der Waals surface area contributed by atoms with Crippen molar-refractivity contribution >= 4 is 5.91 Å². The summed E-state index contributed by atoms with van der Waals surface area (Å²) in [7, 11) is 4.13. The Labute approximate surface area is 99.8 Å². The molecule has 0 aliphatic rings. The first-order valence-electron chi connectivity index (χ1n) is 5.94. The van der Waals surface area contributed by atoms with Crippen molar-refractivity contribution in [2.75, 3.05) is 33.7 Å². The van der Waals surface area contributed by atoms with E-state index in [-0.39, 0.29) is 17.4 Å². The number of hydrogen-bond acceptors (Lipinski definition) is 3. The lowest BCUT2D eigenvalue weighted by atomic mass is 9.92. The van der Waals surface area contributed by atoms with Gasteiger partial charge in [-0.1, -0.05) is 13.8 Å². The van der Waals surface area contributed by atoms with Gasteiger partial charge >= 0.3 is 0 Å². The highest BCUT2D eigenvalue weighted by molar-refractivity contribution is 5.81. The van der Waals surface area contributed by atoms with E-state index in [1.54, 1.807) is 0 Å². The molecule has 0 aromatic carbocycles. The van der Waals surface area contributed by atoms with Crippen LogP contribution in [-0.4, -0.2) is 50.6 Å². The normalized spacial score (nSPS) is 13.9. The maximum Gasteiger partial charge on any atom is 0.236 e. The van der Waals surface area contributed by atoms with Gasteiger partial charge in [-0.05, 0) is 33.4 Å². The van der Waals surface area contributed by atoms with Crippen molar-refractivity contribution in [1.82, 2.24) is 15.5 Å². The predicted octanol–water partition coefficient (Wildman–Crippen LogP) is 0.688. The second-order valence-corrected chi connectivity index (χ2v) is 5.40. The van der Waals surface area contributed by atoms with Crippen molar-refractivity contribution in [3.8, 4) is 0 Å². The first kappa shape index (κ1) is 15.4. The van der Waals surface area contributed by atoms with Crippen LogP contribution in [0.4, 0.5) is 0 Å². The number of nitrogens with zero attached hydrogens (tertiary/aromatic N) is 1. The molecule has 0 aromatic heterocycles. The first-order valence-corrected chi connectivity index (χ1v) is 5.94. The van der Waals surface area contributed by atoms with Gasteiger partial charge in [0.15, 0.2) is 0 Å². The average molecular weight is 229 g/mol. The van der Waals surface area contributed by atoms with Gasteiger partial charge in [0.05, 0.1) is 6.04 Å². The summed E-state index contributed by atoms with van der Waals surface area (Å²) in [5.74, 6) is 0.0724. The molecule has 0 spiro atoms. The van der Waals surface area contributed by atoms with Gasteiger partial charge < -0.3 is 15.5 Å². The van der Waals surface area contributed by atoms with E-state index in [0.717, 1.165) is 13.1 Å². The van der Waals surface area contributed by atoms with Crippen molar-refractivity contribution in [2.45, 2.75) is 33.7 Å². The van der Waals surface area contributed by atoms with Crippen molar-refractivity contribution in [1.29, 1.82) is 0 Å². The Bertz CT molecular complexity index is 214. The number of hydrogen-bond donors (Lipinski definition) is 2. The summed E-state index contributed by atoms with van der Waals surface area (Å²) in [6, 6.07) is -0.124. The first-order chi connectivity index (χ1) is 7.28. The number of likely N-dealkylation sites (N-methyl/N-ethyl adjacent to an activating group) is 1. The molecule has 0 aliphatic heterocycles. The zero-order valence-electron chi connectivity index (χ0n) is 11.6. The third-order valence-electron chi connectivity index (χ3n) is 2.38. The highest BCUT2D eigenvalue weighted by Crippen LogP contribution is 2.14. The van der Waals surface area contributed by atoms with E-state index in [0.29, 0.717) is 6.54 Å². The predicted molar refractivity (Wildman–Crippen MR) is 68.5 cm³/mol. The van der Waals surface area contributed by atoms with Crippen LogP contribution >= 0.6 is 0 Å². The fraction of sp³-hybridized carbons (Fsp3) is 0.917. The Morgan fingerprint density at radius 3 is 2.38 bits per heavy atom. The Balaban J connectivity index is 3.98. The summed E-state index contributed by atoms with van der Waals surface area (Å²) in [6.45, 7) is 10.8. The standard InChI is InChI=1S/C12H27N3O/c1-7-13-11(16)10(2)14-8-12(3,4)9-15(5)6/h10,14H,7-9H2,1-6H3,(H,13,16). The van der Waals surface area contributed by atoms with Gasteiger partial charge in [0.1, 0.15) is 0 Å². The quantitative estimate of drug-likeness (QED) is 0.675. The van der Waals surface area contributed by atoms with Crippen LogP contribution in [0.2, 0.25) is 0 Å². The largest absolute Gasteiger partial charge is 0.355 e. The minimum absolute atomic E-state index is 0.0724. The molecule has 16 heavy (non-hydrogen) atoms. The van der Waals surface area contributed by atoms with Gasteiger partial charge in [0, 0.05) is 19.6 Å². The van der Waals surface area contributed by atoms with E-state index in [1.165, 1.54) is 0 Å². The molecule has 0 bridgehead atoms. The number of rotatable bonds is 7. The molecule has 0 rings (SSSR count). The number of nitrogens with one attached hydrogen (secondary N) is 2. The molecular weight excluding hydrogens is 202 g/mol. The molecule has 4 heteroatoms. The van der Waals surface area contributed by atoms with Crippen LogP contribution in [0.1, 0.15) is 27.7 Å². The summed E-state index contributed by atoms with van der Waals surface area (Å²) in [5, 5.41) is 6.08. The Morgan fingerprint density at radius 2 is 1.94 bits per heavy atom. The summed E-state index contributed by atoms with van der Waals surface area (Å²) < 4.78 is 0. The van der Waals surface area contributed by atoms with Gasteiger partial charge in [-0.15, -0.1) is 0 Å². The molecule has 0 saturated carbocycles. The number of amides is 1. The summed E-state index contributed by atoms with van der Waals surface area (Å²) >= 11 is 0. The Morgan fingerprint density at radius 1 is 1.38 bits per heavy atom. The molecular formula is C12H27N3O. The number of carbonyl (C=O) groups is 1. The maximum absolute atomic E-state index is 11.5. The molecule has 0 aromatic rings. The van der Waals surface area contributed by atoms with Crippen molar-refractivity contribution in [2.24, 2.45) is 5.41 Å². The molecule has 1 unspecified atom stereocenters. The SMILES string of the molecule is CCNC(=O)C(C)NCC(C)(C)CN(C)C. The Hall–Kier alpha value is -0.610. The molecule has 4 nitrogen and oxygen atoms in total. The zero-order valence-corrected chi connectivity index (χ0v) is 11.6. The van der Waals surface area contributed by atoms with Crippen molar-refractivity contribution in [3.63, 3.8) is 0 Å². The van der Waals surface area contributed by atoms with E-state index >= 15 is 0 Å². The molecule has 2 N–H and O–H groups in total. The van der Waals surface area contributed by atoms with Crippen LogP contribution in [0, 0.1) is 5.41 Å². The van der Waals surface area contributed by atoms with Gasteiger partial charge in [0.2, 0.25) is 5.91 Å². The molecule has 1 atom stereocenters. The van der Waals surface area contributed by atoms with Gasteiger partial charge in [-0.3, -0.25) is 4.79 Å². The zero-order chi connectivity index (χ0) is 12.8. The van der Waals surface area contributed by atoms with Crippen LogP contribution in [0.15, 0.2) is 0 Å². The monoisotopic (exact) mass is 229 g/mol. The van der Waals surface area contributed by atoms with Gasteiger partial charge in [-0.2, -0.15) is 0 Å². The smallest absolute Gasteiger partial charge is 0.236 e. The van der Waals surface area contributed by atoms with Crippen molar-refractivity contribution in [3.05, 3.63) is 0 Å². The van der Waals surface area contributed by atoms with Gasteiger partial charge in [0.25, 0.3) is 0 Å². The van der Waals surface area contributed by atoms with Crippen LogP contribution < -0.4 is 10.6 Å². The summed E-state index contributed by atoms with van der Waals surface area (Å²) in [5.41, 5.74) is 0.171. The molecule has 1 amide bonds. The highest BCUT2D eigenvalue weighted by atomic mass is 16.2. The molecule has 0 saturated heterocycles. The Kier molecular flexibility index (Phi) is 6.60. The van der Waals surface area contributed by atoms with E-state index in [9.17, 15) is 4.79 Å². The van der Waals surface area contributed by atoms with E-state index in [4.69, 9.17) is 0 Å². The number of carbonyl (C=O) groups excluding carboxylic acids is 1. The average Bonchev–Trinajstić information content (AvgIpc) is 2.12. The minimum atomic E-state index is -0.124. The van der Waals surface area contributed by atoms with Crippen LogP contribution in [0.25, 0.3) is 0 Å². The maximum atomic E-state index is 11.5. The lowest BCUT2D eigenvalue weighted by Crippen LogP contribution is -2.47. The third-order valence-corrected chi connectivity index (χ3v) is 2.38. The summed E-state index contributed by atoms with van der Waals surface area (Å²) in [4.78, 5) is 13.7. The van der Waals surface area contributed by atoms with Crippen LogP contribution in [0.5, 0.6) is 0 Å².